The molecule has 116 valence electrons. The molecular weight excluding hydrogens is 280 g/mol. The number of hydrogen-bond donors (Lipinski definition) is 1. The number of rotatable bonds is 13. The summed E-state index contributed by atoms with van der Waals surface area (Å²) in [5.74, 6) is 0. The van der Waals surface area contributed by atoms with Crippen LogP contribution in [0.3, 0.4) is 0 Å². The maximum Gasteiger partial charge on any atom is 0.182 e. The second-order valence-electron chi connectivity index (χ2n) is 3.93. The van der Waals surface area contributed by atoms with E-state index in [1.807, 2.05) is 13.1 Å². The smallest absolute Gasteiger partial charge is 0.182 e. The molecule has 0 aliphatic heterocycles. The van der Waals surface area contributed by atoms with Crippen molar-refractivity contribution in [1.29, 1.82) is 0 Å². The minimum atomic E-state index is 0.576. The Morgan fingerprint density at radius 2 is 1.70 bits per heavy atom. The number of methoxy groups -OCH3 is 1. The summed E-state index contributed by atoms with van der Waals surface area (Å²) in [7, 11) is 1.65. The Balaban J connectivity index is 1.89. The van der Waals surface area contributed by atoms with Crippen LogP contribution in [0, 0.1) is 0 Å². The SMILES string of the molecule is CCNc1ncc(COCCOCCOCCOC)s1. The van der Waals surface area contributed by atoms with Crippen LogP contribution in [0.25, 0.3) is 0 Å². The molecule has 0 atom stereocenters. The molecule has 20 heavy (non-hydrogen) atoms. The standard InChI is InChI=1S/C13H24N2O4S/c1-3-14-13-15-10-12(20-13)11-19-9-8-18-7-6-17-5-4-16-2/h10H,3-9,11H2,1-2H3,(H,14,15). The topological polar surface area (TPSA) is 61.8 Å². The third-order valence-corrected chi connectivity index (χ3v) is 3.23. The minimum absolute atomic E-state index is 0.576. The molecule has 0 radical (unpaired) electrons. The fraction of sp³-hybridized carbons (Fsp3) is 0.769. The van der Waals surface area contributed by atoms with Gasteiger partial charge in [-0.05, 0) is 6.92 Å². The zero-order valence-corrected chi connectivity index (χ0v) is 13.0. The van der Waals surface area contributed by atoms with Gasteiger partial charge in [-0.2, -0.15) is 0 Å². The highest BCUT2D eigenvalue weighted by molar-refractivity contribution is 7.15. The van der Waals surface area contributed by atoms with Crippen LogP contribution in [-0.2, 0) is 25.6 Å². The second kappa shape index (κ2) is 12.0. The lowest BCUT2D eigenvalue weighted by atomic mass is 10.6. The van der Waals surface area contributed by atoms with Crippen molar-refractivity contribution in [2.24, 2.45) is 0 Å². The molecule has 0 saturated carbocycles. The molecule has 0 aliphatic rings. The molecule has 0 bridgehead atoms. The van der Waals surface area contributed by atoms with Gasteiger partial charge in [0.1, 0.15) is 0 Å². The number of thiazole rings is 1. The highest BCUT2D eigenvalue weighted by Gasteiger charge is 2.00. The summed E-state index contributed by atoms with van der Waals surface area (Å²) in [6, 6.07) is 0. The molecule has 0 unspecified atom stereocenters. The molecule has 0 saturated heterocycles. The van der Waals surface area contributed by atoms with Gasteiger partial charge in [0.25, 0.3) is 0 Å². The molecule has 1 aromatic rings. The molecule has 1 N–H and O–H groups in total. The van der Waals surface area contributed by atoms with Crippen LogP contribution in [-0.4, -0.2) is 58.3 Å². The van der Waals surface area contributed by atoms with Gasteiger partial charge in [0, 0.05) is 19.9 Å². The van der Waals surface area contributed by atoms with Crippen LogP contribution >= 0.6 is 11.3 Å². The fourth-order valence-corrected chi connectivity index (χ4v) is 2.18. The Kier molecular flexibility index (Phi) is 10.4. The predicted octanol–water partition coefficient (Wildman–Crippen LogP) is 1.77. The number of anilines is 1. The van der Waals surface area contributed by atoms with Crippen LogP contribution in [0.1, 0.15) is 11.8 Å². The van der Waals surface area contributed by atoms with Gasteiger partial charge in [-0.1, -0.05) is 11.3 Å². The average molecular weight is 304 g/mol. The van der Waals surface area contributed by atoms with E-state index in [9.17, 15) is 0 Å². The summed E-state index contributed by atoms with van der Waals surface area (Å²) in [6.07, 6.45) is 1.84. The summed E-state index contributed by atoms with van der Waals surface area (Å²) in [5, 5.41) is 4.11. The number of hydrogen-bond acceptors (Lipinski definition) is 7. The van der Waals surface area contributed by atoms with E-state index in [0.29, 0.717) is 46.2 Å². The molecule has 0 fully saturated rings. The summed E-state index contributed by atoms with van der Waals surface area (Å²) in [4.78, 5) is 5.35. The lowest BCUT2D eigenvalue weighted by molar-refractivity contribution is 0.00118. The van der Waals surface area contributed by atoms with Crippen molar-refractivity contribution in [2.45, 2.75) is 13.5 Å². The van der Waals surface area contributed by atoms with Crippen molar-refractivity contribution in [3.05, 3.63) is 11.1 Å². The maximum absolute atomic E-state index is 5.51. The maximum atomic E-state index is 5.51. The fourth-order valence-electron chi connectivity index (χ4n) is 1.36. The molecule has 1 aromatic heterocycles. The normalized spacial score (nSPS) is 10.9. The number of ether oxygens (including phenoxy) is 4. The molecule has 0 amide bonds. The largest absolute Gasteiger partial charge is 0.382 e. The first-order valence-electron chi connectivity index (χ1n) is 6.77. The quantitative estimate of drug-likeness (QED) is 0.560. The third kappa shape index (κ3) is 8.44. The zero-order chi connectivity index (χ0) is 14.5. The first-order chi connectivity index (χ1) is 9.86. The van der Waals surface area contributed by atoms with E-state index in [0.717, 1.165) is 16.6 Å². The van der Waals surface area contributed by atoms with Gasteiger partial charge in [-0.25, -0.2) is 4.98 Å². The first-order valence-corrected chi connectivity index (χ1v) is 7.59. The minimum Gasteiger partial charge on any atom is -0.382 e. The summed E-state index contributed by atoms with van der Waals surface area (Å²) < 4.78 is 21.0. The van der Waals surface area contributed by atoms with Crippen molar-refractivity contribution in [2.75, 3.05) is 58.6 Å². The predicted molar refractivity (Wildman–Crippen MR) is 79.4 cm³/mol. The van der Waals surface area contributed by atoms with Gasteiger partial charge in [0.2, 0.25) is 0 Å². The van der Waals surface area contributed by atoms with Crippen molar-refractivity contribution < 1.29 is 18.9 Å². The van der Waals surface area contributed by atoms with E-state index >= 15 is 0 Å². The van der Waals surface area contributed by atoms with Crippen molar-refractivity contribution >= 4 is 16.5 Å². The van der Waals surface area contributed by atoms with Gasteiger partial charge >= 0.3 is 0 Å². The van der Waals surface area contributed by atoms with E-state index < -0.39 is 0 Å². The molecule has 1 heterocycles. The van der Waals surface area contributed by atoms with Gasteiger partial charge in [0.15, 0.2) is 5.13 Å². The third-order valence-electron chi connectivity index (χ3n) is 2.30. The molecule has 6 nitrogen and oxygen atoms in total. The van der Waals surface area contributed by atoms with E-state index in [1.165, 1.54) is 0 Å². The van der Waals surface area contributed by atoms with E-state index in [-0.39, 0.29) is 0 Å². The van der Waals surface area contributed by atoms with Gasteiger partial charge < -0.3 is 24.3 Å². The number of nitrogens with one attached hydrogen (secondary N) is 1. The van der Waals surface area contributed by atoms with Crippen LogP contribution < -0.4 is 5.32 Å². The van der Waals surface area contributed by atoms with E-state index in [1.54, 1.807) is 18.4 Å². The Morgan fingerprint density at radius 3 is 2.35 bits per heavy atom. The number of nitrogens with zero attached hydrogens (tertiary/aromatic N) is 1. The molecular formula is C13H24N2O4S. The van der Waals surface area contributed by atoms with Crippen LogP contribution in [0.2, 0.25) is 0 Å². The average Bonchev–Trinajstić information content (AvgIpc) is 2.89. The summed E-state index contributed by atoms with van der Waals surface area (Å²) in [6.45, 7) is 7.06. The molecule has 1 rings (SSSR count). The van der Waals surface area contributed by atoms with Crippen molar-refractivity contribution in [3.8, 4) is 0 Å². The van der Waals surface area contributed by atoms with Crippen LogP contribution in [0.5, 0.6) is 0 Å². The Bertz CT molecular complexity index is 336. The monoisotopic (exact) mass is 304 g/mol. The Hall–Kier alpha value is -0.730. The van der Waals surface area contributed by atoms with E-state index in [2.05, 4.69) is 10.3 Å². The Morgan fingerprint density at radius 1 is 1.05 bits per heavy atom. The second-order valence-corrected chi connectivity index (χ2v) is 5.05. The summed E-state index contributed by atoms with van der Waals surface area (Å²) >= 11 is 1.62. The van der Waals surface area contributed by atoms with Crippen molar-refractivity contribution in [1.82, 2.24) is 4.98 Å². The highest BCUT2D eigenvalue weighted by Crippen LogP contribution is 2.18. The van der Waals surface area contributed by atoms with Gasteiger partial charge in [-0.15, -0.1) is 0 Å². The van der Waals surface area contributed by atoms with Crippen LogP contribution in [0.15, 0.2) is 6.20 Å². The molecule has 7 heteroatoms. The summed E-state index contributed by atoms with van der Waals surface area (Å²) in [5.41, 5.74) is 0. The molecule has 0 aliphatic carbocycles. The van der Waals surface area contributed by atoms with E-state index in [4.69, 9.17) is 18.9 Å². The zero-order valence-electron chi connectivity index (χ0n) is 12.2. The van der Waals surface area contributed by atoms with Crippen molar-refractivity contribution in [3.63, 3.8) is 0 Å². The molecule has 0 spiro atoms. The van der Waals surface area contributed by atoms with Gasteiger partial charge in [-0.3, -0.25) is 0 Å². The van der Waals surface area contributed by atoms with Gasteiger partial charge in [0.05, 0.1) is 51.1 Å². The lowest BCUT2D eigenvalue weighted by Gasteiger charge is -2.05. The lowest BCUT2D eigenvalue weighted by Crippen LogP contribution is -2.11. The van der Waals surface area contributed by atoms with Crippen LogP contribution in [0.4, 0.5) is 5.13 Å². The Labute approximate surface area is 124 Å². The first kappa shape index (κ1) is 17.3. The highest BCUT2D eigenvalue weighted by atomic mass is 32.1. The number of aromatic nitrogens is 1. The molecule has 0 aromatic carbocycles.